The van der Waals surface area contributed by atoms with E-state index < -0.39 is 5.97 Å². The summed E-state index contributed by atoms with van der Waals surface area (Å²) in [4.78, 5) is 22.9. The molecule has 0 bridgehead atoms. The van der Waals surface area contributed by atoms with Crippen LogP contribution in [0.1, 0.15) is 24.1 Å². The maximum absolute atomic E-state index is 12.2. The Bertz CT molecular complexity index is 945. The predicted octanol–water partition coefficient (Wildman–Crippen LogP) is 3.72. The normalized spacial score (nSPS) is 11.7. The van der Waals surface area contributed by atoms with Gasteiger partial charge in [-0.25, -0.2) is 0 Å². The summed E-state index contributed by atoms with van der Waals surface area (Å²) in [5.74, 6) is -0.576. The van der Waals surface area contributed by atoms with E-state index in [1.54, 1.807) is 24.3 Å². The number of carboxylic acids is 1. The third-order valence-electron chi connectivity index (χ3n) is 4.32. The van der Waals surface area contributed by atoms with E-state index in [1.807, 2.05) is 49.4 Å². The Morgan fingerprint density at radius 1 is 1.00 bits per heavy atom. The summed E-state index contributed by atoms with van der Waals surface area (Å²) in [7, 11) is 0. The van der Waals surface area contributed by atoms with E-state index in [0.29, 0.717) is 11.3 Å². The smallest absolute Gasteiger partial charge is 0.307 e. The Hall–Kier alpha value is -3.34. The molecule has 0 aromatic heterocycles. The van der Waals surface area contributed by atoms with Gasteiger partial charge in [-0.05, 0) is 41.0 Å². The van der Waals surface area contributed by atoms with Gasteiger partial charge in [0.15, 0.2) is 6.61 Å². The monoisotopic (exact) mass is 363 g/mol. The Kier molecular flexibility index (Phi) is 5.71. The van der Waals surface area contributed by atoms with Crippen LogP contribution in [0.25, 0.3) is 10.8 Å². The highest BCUT2D eigenvalue weighted by atomic mass is 16.5. The summed E-state index contributed by atoms with van der Waals surface area (Å²) >= 11 is 0. The average Bonchev–Trinajstić information content (AvgIpc) is 2.66. The van der Waals surface area contributed by atoms with Gasteiger partial charge in [-0.15, -0.1) is 0 Å². The highest BCUT2D eigenvalue weighted by molar-refractivity contribution is 5.87. The summed E-state index contributed by atoms with van der Waals surface area (Å²) in [5.41, 5.74) is 1.74. The second-order valence-corrected chi connectivity index (χ2v) is 6.36. The van der Waals surface area contributed by atoms with Gasteiger partial charge in [-0.2, -0.15) is 0 Å². The van der Waals surface area contributed by atoms with E-state index in [0.717, 1.165) is 16.3 Å². The average molecular weight is 363 g/mol. The molecule has 0 spiro atoms. The van der Waals surface area contributed by atoms with Gasteiger partial charge >= 0.3 is 5.97 Å². The number of hydrogen-bond acceptors (Lipinski definition) is 3. The van der Waals surface area contributed by atoms with Gasteiger partial charge in [0, 0.05) is 0 Å². The van der Waals surface area contributed by atoms with Crippen LogP contribution in [-0.4, -0.2) is 23.6 Å². The van der Waals surface area contributed by atoms with E-state index in [1.165, 1.54) is 0 Å². The van der Waals surface area contributed by atoms with Crippen molar-refractivity contribution in [3.63, 3.8) is 0 Å². The highest BCUT2D eigenvalue weighted by Gasteiger charge is 2.12. The van der Waals surface area contributed by atoms with Crippen molar-refractivity contribution in [1.82, 2.24) is 5.32 Å². The molecule has 0 saturated carbocycles. The summed E-state index contributed by atoms with van der Waals surface area (Å²) < 4.78 is 5.49. The Labute approximate surface area is 157 Å². The largest absolute Gasteiger partial charge is 0.484 e. The van der Waals surface area contributed by atoms with Crippen molar-refractivity contribution in [2.75, 3.05) is 6.61 Å². The fourth-order valence-corrected chi connectivity index (χ4v) is 3.02. The number of ether oxygens (including phenoxy) is 1. The van der Waals surface area contributed by atoms with E-state index in [4.69, 9.17) is 9.84 Å². The van der Waals surface area contributed by atoms with Crippen LogP contribution in [0.5, 0.6) is 5.75 Å². The first kappa shape index (κ1) is 18.5. The van der Waals surface area contributed by atoms with Crippen LogP contribution in [0.2, 0.25) is 0 Å². The van der Waals surface area contributed by atoms with Gasteiger partial charge in [0.05, 0.1) is 12.5 Å². The lowest BCUT2D eigenvalue weighted by Crippen LogP contribution is -2.31. The lowest BCUT2D eigenvalue weighted by atomic mass is 10.00. The Morgan fingerprint density at radius 2 is 1.70 bits per heavy atom. The molecule has 5 nitrogen and oxygen atoms in total. The summed E-state index contributed by atoms with van der Waals surface area (Å²) in [6, 6.07) is 20.6. The molecule has 3 rings (SSSR count). The fraction of sp³-hybridized carbons (Fsp3) is 0.182. The molecule has 0 aliphatic carbocycles. The van der Waals surface area contributed by atoms with Crippen molar-refractivity contribution in [2.45, 2.75) is 19.4 Å². The van der Waals surface area contributed by atoms with E-state index >= 15 is 0 Å². The molecule has 0 aliphatic heterocycles. The minimum absolute atomic E-state index is 0.0384. The number of nitrogens with one attached hydrogen (secondary N) is 1. The number of carbonyl (C=O) groups is 2. The van der Waals surface area contributed by atoms with Crippen LogP contribution in [0.3, 0.4) is 0 Å². The van der Waals surface area contributed by atoms with Crippen LogP contribution in [0, 0.1) is 0 Å². The molecule has 0 saturated heterocycles. The van der Waals surface area contributed by atoms with Crippen LogP contribution in [0.4, 0.5) is 0 Å². The van der Waals surface area contributed by atoms with Gasteiger partial charge in [0.1, 0.15) is 5.75 Å². The predicted molar refractivity (Wildman–Crippen MR) is 104 cm³/mol. The second kappa shape index (κ2) is 8.36. The maximum Gasteiger partial charge on any atom is 0.307 e. The zero-order valence-electron chi connectivity index (χ0n) is 15.0. The van der Waals surface area contributed by atoms with Crippen molar-refractivity contribution >= 4 is 22.6 Å². The first-order valence-corrected chi connectivity index (χ1v) is 8.73. The Balaban J connectivity index is 1.58. The number of fused-ring (bicyclic) bond motifs is 1. The quantitative estimate of drug-likeness (QED) is 0.671. The highest BCUT2D eigenvalue weighted by Crippen LogP contribution is 2.24. The van der Waals surface area contributed by atoms with Crippen LogP contribution < -0.4 is 10.1 Å². The van der Waals surface area contributed by atoms with Crippen LogP contribution >= 0.6 is 0 Å². The fourth-order valence-electron chi connectivity index (χ4n) is 3.02. The SMILES string of the molecule is CC(NC(=O)COc1ccc(CC(=O)O)cc1)c1cccc2ccccc12. The number of aliphatic carboxylic acids is 1. The van der Waals surface area contributed by atoms with Gasteiger partial charge < -0.3 is 15.2 Å². The molecule has 0 aliphatic rings. The third-order valence-corrected chi connectivity index (χ3v) is 4.32. The maximum atomic E-state index is 12.2. The first-order valence-electron chi connectivity index (χ1n) is 8.73. The van der Waals surface area contributed by atoms with Gasteiger partial charge in [0.2, 0.25) is 0 Å². The molecule has 2 N–H and O–H groups in total. The summed E-state index contributed by atoms with van der Waals surface area (Å²) in [6.07, 6.45) is -0.0384. The molecule has 0 radical (unpaired) electrons. The lowest BCUT2D eigenvalue weighted by molar-refractivity contribution is -0.136. The second-order valence-electron chi connectivity index (χ2n) is 6.36. The molecule has 0 fully saturated rings. The van der Waals surface area contributed by atoms with E-state index in [2.05, 4.69) is 5.32 Å². The Morgan fingerprint density at radius 3 is 2.44 bits per heavy atom. The molecule has 1 amide bonds. The van der Waals surface area contributed by atoms with Gasteiger partial charge in [-0.3, -0.25) is 9.59 Å². The minimum atomic E-state index is -0.884. The molecule has 5 heteroatoms. The van der Waals surface area contributed by atoms with Crippen LogP contribution in [-0.2, 0) is 16.0 Å². The summed E-state index contributed by atoms with van der Waals surface area (Å²) in [5, 5.41) is 14.0. The molecule has 0 heterocycles. The van der Waals surface area contributed by atoms with Crippen molar-refractivity contribution in [3.8, 4) is 5.75 Å². The molecule has 3 aromatic carbocycles. The zero-order valence-corrected chi connectivity index (χ0v) is 15.0. The lowest BCUT2D eigenvalue weighted by Gasteiger charge is -2.17. The van der Waals surface area contributed by atoms with Gasteiger partial charge in [-0.1, -0.05) is 54.6 Å². The molecule has 1 unspecified atom stereocenters. The third kappa shape index (κ3) is 4.85. The molecule has 138 valence electrons. The number of carboxylic acid groups (broad SMARTS) is 1. The van der Waals surface area contributed by atoms with E-state index in [9.17, 15) is 9.59 Å². The zero-order chi connectivity index (χ0) is 19.2. The van der Waals surface area contributed by atoms with Crippen molar-refractivity contribution in [1.29, 1.82) is 0 Å². The number of amides is 1. The molecular formula is C22H21NO4. The van der Waals surface area contributed by atoms with Crippen LogP contribution in [0.15, 0.2) is 66.7 Å². The van der Waals surface area contributed by atoms with Crippen molar-refractivity contribution in [3.05, 3.63) is 77.9 Å². The number of carbonyl (C=O) groups excluding carboxylic acids is 1. The standard InChI is InChI=1S/C22H21NO4/c1-15(19-8-4-6-17-5-2-3-7-20(17)19)23-21(24)14-27-18-11-9-16(10-12-18)13-22(25)26/h2-12,15H,13-14H2,1H3,(H,23,24)(H,25,26). The van der Waals surface area contributed by atoms with Crippen molar-refractivity contribution < 1.29 is 19.4 Å². The molecule has 27 heavy (non-hydrogen) atoms. The summed E-state index contributed by atoms with van der Waals surface area (Å²) in [6.45, 7) is 1.84. The number of benzene rings is 3. The van der Waals surface area contributed by atoms with Crippen molar-refractivity contribution in [2.24, 2.45) is 0 Å². The topological polar surface area (TPSA) is 75.6 Å². The van der Waals surface area contributed by atoms with E-state index in [-0.39, 0.29) is 25.0 Å². The number of rotatable bonds is 7. The number of hydrogen-bond donors (Lipinski definition) is 2. The first-order chi connectivity index (χ1) is 13.0. The van der Waals surface area contributed by atoms with Gasteiger partial charge in [0.25, 0.3) is 5.91 Å². The molecule has 3 aromatic rings. The minimum Gasteiger partial charge on any atom is -0.484 e. The molecular weight excluding hydrogens is 342 g/mol. The molecule has 1 atom stereocenters.